The molecule has 0 aromatic heterocycles. The van der Waals surface area contributed by atoms with Gasteiger partial charge in [-0.2, -0.15) is 13.5 Å². The molecule has 0 aromatic rings. The average molecular weight is 365 g/mol. The lowest BCUT2D eigenvalue weighted by Gasteiger charge is -2.43. The monoisotopic (exact) mass is 365 g/mol. The third-order valence-corrected chi connectivity index (χ3v) is 4.84. The Balaban J connectivity index is 1.84. The quantitative estimate of drug-likeness (QED) is 0.589. The van der Waals surface area contributed by atoms with Gasteiger partial charge in [-0.25, -0.2) is 4.79 Å². The highest BCUT2D eigenvalue weighted by Gasteiger charge is 2.59. The van der Waals surface area contributed by atoms with E-state index in [1.165, 1.54) is 0 Å². The number of primary amides is 1. The Morgan fingerprint density at radius 2 is 2.00 bits per heavy atom. The lowest BCUT2D eigenvalue weighted by molar-refractivity contribution is -0.198. The molecule has 3 aliphatic heterocycles. The van der Waals surface area contributed by atoms with Crippen molar-refractivity contribution in [1.82, 2.24) is 9.96 Å². The standard InChI is InChI=1S/C12H19N3O8S/c13-10(16)12(22-9-2-5-21-6-3-9)4-1-8-7-14(12)11(17)15(8)23-24(18,19)20/h8-9H,1-7H2,(H2,13,16)(H,18,19,20)/t8-,12+/m1/s1. The fraction of sp³-hybridized carbons (Fsp3) is 0.833. The van der Waals surface area contributed by atoms with Crippen molar-refractivity contribution in [2.75, 3.05) is 19.8 Å². The van der Waals surface area contributed by atoms with E-state index in [0.717, 1.165) is 4.90 Å². The average Bonchev–Trinajstić information content (AvgIpc) is 2.76. The number of ether oxygens (including phenoxy) is 2. The molecule has 3 aliphatic rings. The molecular formula is C12H19N3O8S. The third kappa shape index (κ3) is 3.07. The summed E-state index contributed by atoms with van der Waals surface area (Å²) in [6.07, 6.45) is 1.18. The maximum Gasteiger partial charge on any atom is 0.418 e. The Morgan fingerprint density at radius 1 is 1.33 bits per heavy atom. The largest absolute Gasteiger partial charge is 0.418 e. The number of hydrogen-bond donors (Lipinski definition) is 2. The highest BCUT2D eigenvalue weighted by Crippen LogP contribution is 2.39. The first-order valence-electron chi connectivity index (χ1n) is 7.56. The minimum atomic E-state index is -4.86. The summed E-state index contributed by atoms with van der Waals surface area (Å²) in [7, 11) is -4.86. The van der Waals surface area contributed by atoms with Gasteiger partial charge in [-0.05, 0) is 19.3 Å². The van der Waals surface area contributed by atoms with Crippen LogP contribution in [0.25, 0.3) is 0 Å². The van der Waals surface area contributed by atoms with Crippen LogP contribution in [0.4, 0.5) is 4.79 Å². The van der Waals surface area contributed by atoms with Gasteiger partial charge in [0.25, 0.3) is 5.91 Å². The van der Waals surface area contributed by atoms with Crippen molar-refractivity contribution in [2.45, 2.75) is 43.6 Å². The van der Waals surface area contributed by atoms with Crippen LogP contribution in [-0.2, 0) is 29.0 Å². The Kier molecular flexibility index (Phi) is 4.42. The summed E-state index contributed by atoms with van der Waals surface area (Å²) in [5.74, 6) is -0.825. The number of piperidine rings is 1. The molecule has 0 spiro atoms. The molecule has 0 radical (unpaired) electrons. The second-order valence-electron chi connectivity index (χ2n) is 5.99. The van der Waals surface area contributed by atoms with Crippen molar-refractivity contribution in [3.8, 4) is 0 Å². The molecule has 12 heteroatoms. The normalized spacial score (nSPS) is 31.5. The predicted octanol–water partition coefficient (Wildman–Crippen LogP) is -1.00. The Morgan fingerprint density at radius 3 is 2.58 bits per heavy atom. The molecule has 3 amide bonds. The van der Waals surface area contributed by atoms with Crippen LogP contribution in [0.3, 0.4) is 0 Å². The summed E-state index contributed by atoms with van der Waals surface area (Å²) in [6.45, 7) is 0.975. The minimum Gasteiger partial charge on any atom is -0.381 e. The third-order valence-electron chi connectivity index (χ3n) is 4.49. The van der Waals surface area contributed by atoms with Crippen LogP contribution in [0.1, 0.15) is 25.7 Å². The zero-order valence-electron chi connectivity index (χ0n) is 12.8. The van der Waals surface area contributed by atoms with Crippen molar-refractivity contribution in [1.29, 1.82) is 0 Å². The highest BCUT2D eigenvalue weighted by molar-refractivity contribution is 7.80. The smallest absolute Gasteiger partial charge is 0.381 e. The van der Waals surface area contributed by atoms with Gasteiger partial charge < -0.3 is 15.2 Å². The van der Waals surface area contributed by atoms with Gasteiger partial charge in [-0.1, -0.05) is 0 Å². The zero-order chi connectivity index (χ0) is 17.5. The molecule has 3 rings (SSSR count). The summed E-state index contributed by atoms with van der Waals surface area (Å²) in [4.78, 5) is 25.7. The second-order valence-corrected chi connectivity index (χ2v) is 7.00. The van der Waals surface area contributed by atoms with Crippen molar-refractivity contribution in [3.05, 3.63) is 0 Å². The fourth-order valence-electron chi connectivity index (χ4n) is 3.35. The summed E-state index contributed by atoms with van der Waals surface area (Å²) in [5, 5.41) is 0.549. The number of nitrogens with zero attached hydrogens (tertiary/aromatic N) is 2. The summed E-state index contributed by atoms with van der Waals surface area (Å²) in [6, 6.07) is -1.51. The van der Waals surface area contributed by atoms with E-state index in [-0.39, 0.29) is 25.5 Å². The van der Waals surface area contributed by atoms with E-state index in [0.29, 0.717) is 31.1 Å². The van der Waals surface area contributed by atoms with Gasteiger partial charge in [0.2, 0.25) is 5.72 Å². The number of urea groups is 1. The van der Waals surface area contributed by atoms with Crippen molar-refractivity contribution < 1.29 is 36.3 Å². The molecule has 3 saturated heterocycles. The Bertz CT molecular complexity index is 634. The summed E-state index contributed by atoms with van der Waals surface area (Å²) in [5.41, 5.74) is 3.86. The van der Waals surface area contributed by atoms with Gasteiger partial charge in [0.15, 0.2) is 0 Å². The van der Waals surface area contributed by atoms with E-state index in [1.807, 2.05) is 0 Å². The summed E-state index contributed by atoms with van der Waals surface area (Å²) < 4.78 is 46.1. The van der Waals surface area contributed by atoms with E-state index >= 15 is 0 Å². The number of rotatable bonds is 5. The molecule has 0 aliphatic carbocycles. The maximum absolute atomic E-state index is 12.5. The molecule has 0 aromatic carbocycles. The van der Waals surface area contributed by atoms with E-state index in [4.69, 9.17) is 19.8 Å². The van der Waals surface area contributed by atoms with Crippen molar-refractivity contribution in [2.24, 2.45) is 5.73 Å². The predicted molar refractivity (Wildman–Crippen MR) is 76.4 cm³/mol. The number of amides is 3. The van der Waals surface area contributed by atoms with Gasteiger partial charge in [0.05, 0.1) is 12.1 Å². The van der Waals surface area contributed by atoms with Crippen molar-refractivity contribution >= 4 is 22.3 Å². The van der Waals surface area contributed by atoms with Gasteiger partial charge in [0.1, 0.15) is 0 Å². The first-order chi connectivity index (χ1) is 11.2. The Hall–Kier alpha value is -1.47. The molecule has 2 atom stereocenters. The van der Waals surface area contributed by atoms with E-state index in [1.54, 1.807) is 0 Å². The molecule has 0 unspecified atom stereocenters. The van der Waals surface area contributed by atoms with E-state index < -0.39 is 34.1 Å². The second kappa shape index (κ2) is 6.11. The zero-order valence-corrected chi connectivity index (χ0v) is 13.6. The maximum atomic E-state index is 12.5. The molecule has 11 nitrogen and oxygen atoms in total. The molecule has 3 N–H and O–H groups in total. The van der Waals surface area contributed by atoms with Crippen molar-refractivity contribution in [3.63, 3.8) is 0 Å². The minimum absolute atomic E-state index is 0.0144. The fourth-order valence-corrected chi connectivity index (χ4v) is 3.73. The van der Waals surface area contributed by atoms with Crippen LogP contribution in [-0.4, -0.2) is 72.5 Å². The number of carbonyl (C=O) groups excluding carboxylic acids is 2. The topological polar surface area (TPSA) is 149 Å². The number of carbonyl (C=O) groups is 2. The number of hydroxylamine groups is 2. The molecule has 0 saturated carbocycles. The lowest BCUT2D eigenvalue weighted by Crippen LogP contribution is -2.63. The number of nitrogens with two attached hydrogens (primary N) is 1. The molecule has 3 fully saturated rings. The molecule has 2 bridgehead atoms. The molecule has 136 valence electrons. The van der Waals surface area contributed by atoms with Gasteiger partial charge in [-0.15, -0.1) is 4.28 Å². The molecule has 3 heterocycles. The first kappa shape index (κ1) is 17.4. The number of fused-ring (bicyclic) bond motifs is 2. The van der Waals surface area contributed by atoms with Crippen LogP contribution >= 0.6 is 0 Å². The van der Waals surface area contributed by atoms with Crippen LogP contribution in [0.5, 0.6) is 0 Å². The molecular weight excluding hydrogens is 346 g/mol. The van der Waals surface area contributed by atoms with Gasteiger partial charge in [-0.3, -0.25) is 14.2 Å². The van der Waals surface area contributed by atoms with E-state index in [9.17, 15) is 18.0 Å². The van der Waals surface area contributed by atoms with Crippen LogP contribution in [0.2, 0.25) is 0 Å². The van der Waals surface area contributed by atoms with Gasteiger partial charge in [0, 0.05) is 26.2 Å². The lowest BCUT2D eigenvalue weighted by atomic mass is 9.95. The van der Waals surface area contributed by atoms with E-state index in [2.05, 4.69) is 4.28 Å². The summed E-state index contributed by atoms with van der Waals surface area (Å²) >= 11 is 0. The Labute approximate surface area is 138 Å². The van der Waals surface area contributed by atoms with Gasteiger partial charge >= 0.3 is 16.4 Å². The van der Waals surface area contributed by atoms with Crippen LogP contribution in [0, 0.1) is 0 Å². The first-order valence-corrected chi connectivity index (χ1v) is 8.93. The van der Waals surface area contributed by atoms with Crippen LogP contribution in [0.15, 0.2) is 0 Å². The molecule has 24 heavy (non-hydrogen) atoms. The highest BCUT2D eigenvalue weighted by atomic mass is 32.3. The SMILES string of the molecule is NC(=O)[C@@]1(OC2CCOCC2)CC[C@@H]2CN1C(=O)N2OS(=O)(=O)O. The van der Waals surface area contributed by atoms with Crippen LogP contribution < -0.4 is 5.73 Å². The number of hydrogen-bond acceptors (Lipinski definition) is 7.